The average molecular weight is 396 g/mol. The maximum atomic E-state index is 12.5. The lowest BCUT2D eigenvalue weighted by Crippen LogP contribution is -2.54. The minimum Gasteiger partial charge on any atom is -0.446 e. The molecule has 0 saturated heterocycles. The van der Waals surface area contributed by atoms with Gasteiger partial charge in [0.25, 0.3) is 10.0 Å². The molecule has 0 fully saturated rings. The zero-order valence-electron chi connectivity index (χ0n) is 15.0. The molecule has 0 aliphatic rings. The molecular weight excluding hydrogens is 376 g/mol. The van der Waals surface area contributed by atoms with E-state index in [0.717, 1.165) is 18.0 Å². The van der Waals surface area contributed by atoms with Gasteiger partial charge in [-0.3, -0.25) is 0 Å². The SMILES string of the molecule is C=CCn1c(=O)n(CC=C)c(=O)n(Cc2ccc(S(=O)(=O)N(C)C)o2)c1=O. The van der Waals surface area contributed by atoms with E-state index in [9.17, 15) is 22.8 Å². The van der Waals surface area contributed by atoms with Gasteiger partial charge in [0, 0.05) is 14.1 Å². The van der Waals surface area contributed by atoms with E-state index in [4.69, 9.17) is 4.42 Å². The van der Waals surface area contributed by atoms with Crippen molar-refractivity contribution in [2.45, 2.75) is 24.7 Å². The molecule has 2 aromatic heterocycles. The van der Waals surface area contributed by atoms with Crippen LogP contribution in [0.3, 0.4) is 0 Å². The maximum absolute atomic E-state index is 12.5. The minimum atomic E-state index is -3.79. The molecule has 0 aliphatic heterocycles. The normalized spacial score (nSPS) is 11.7. The van der Waals surface area contributed by atoms with Crippen molar-refractivity contribution in [3.8, 4) is 0 Å². The smallest absolute Gasteiger partial charge is 0.337 e. The summed E-state index contributed by atoms with van der Waals surface area (Å²) < 4.78 is 32.9. The van der Waals surface area contributed by atoms with Gasteiger partial charge in [-0.05, 0) is 12.1 Å². The first-order chi connectivity index (χ1) is 12.6. The second kappa shape index (κ2) is 7.76. The highest BCUT2D eigenvalue weighted by molar-refractivity contribution is 7.88. The number of aromatic nitrogens is 3. The van der Waals surface area contributed by atoms with Crippen LogP contribution in [-0.2, 0) is 29.7 Å². The van der Waals surface area contributed by atoms with Crippen LogP contribution in [0.4, 0.5) is 0 Å². The van der Waals surface area contributed by atoms with E-state index in [-0.39, 0.29) is 30.5 Å². The monoisotopic (exact) mass is 396 g/mol. The summed E-state index contributed by atoms with van der Waals surface area (Å²) in [5, 5.41) is -0.318. The van der Waals surface area contributed by atoms with E-state index < -0.39 is 27.1 Å². The van der Waals surface area contributed by atoms with Gasteiger partial charge in [0.2, 0.25) is 5.09 Å². The number of allylic oxidation sites excluding steroid dienone is 2. The summed E-state index contributed by atoms with van der Waals surface area (Å²) in [7, 11) is -1.10. The molecule has 27 heavy (non-hydrogen) atoms. The van der Waals surface area contributed by atoms with Crippen molar-refractivity contribution in [2.24, 2.45) is 0 Å². The second-order valence-corrected chi connectivity index (χ2v) is 7.82. The molecule has 0 aliphatic carbocycles. The van der Waals surface area contributed by atoms with Crippen LogP contribution in [-0.4, -0.2) is 40.5 Å². The molecule has 146 valence electrons. The largest absolute Gasteiger partial charge is 0.446 e. The molecule has 0 aromatic carbocycles. The molecule has 0 radical (unpaired) electrons. The summed E-state index contributed by atoms with van der Waals surface area (Å²) in [6, 6.07) is 2.58. The Labute approximate surface area is 154 Å². The van der Waals surface area contributed by atoms with E-state index in [1.807, 2.05) is 0 Å². The van der Waals surface area contributed by atoms with E-state index in [1.54, 1.807) is 0 Å². The topological polar surface area (TPSA) is 117 Å². The summed E-state index contributed by atoms with van der Waals surface area (Å²) >= 11 is 0. The van der Waals surface area contributed by atoms with Crippen molar-refractivity contribution in [1.29, 1.82) is 0 Å². The third-order valence-electron chi connectivity index (χ3n) is 3.69. The second-order valence-electron chi connectivity index (χ2n) is 5.74. The fourth-order valence-electron chi connectivity index (χ4n) is 2.31. The lowest BCUT2D eigenvalue weighted by atomic mass is 10.4. The molecule has 0 atom stereocenters. The number of hydrogen-bond acceptors (Lipinski definition) is 6. The fourth-order valence-corrected chi connectivity index (χ4v) is 3.12. The Balaban J connectivity index is 2.60. The van der Waals surface area contributed by atoms with Crippen molar-refractivity contribution in [1.82, 2.24) is 18.0 Å². The highest BCUT2D eigenvalue weighted by Gasteiger charge is 2.22. The van der Waals surface area contributed by atoms with Gasteiger partial charge >= 0.3 is 17.1 Å². The van der Waals surface area contributed by atoms with Crippen LogP contribution in [0, 0.1) is 0 Å². The van der Waals surface area contributed by atoms with Crippen molar-refractivity contribution < 1.29 is 12.8 Å². The van der Waals surface area contributed by atoms with Crippen LogP contribution in [0.1, 0.15) is 5.76 Å². The van der Waals surface area contributed by atoms with Crippen LogP contribution in [0.2, 0.25) is 0 Å². The third-order valence-corrected chi connectivity index (χ3v) is 5.38. The van der Waals surface area contributed by atoms with Gasteiger partial charge < -0.3 is 4.42 Å². The minimum absolute atomic E-state index is 0.0728. The van der Waals surface area contributed by atoms with Crippen molar-refractivity contribution in [2.75, 3.05) is 14.1 Å². The first-order valence-electron chi connectivity index (χ1n) is 7.82. The predicted octanol–water partition coefficient (Wildman–Crippen LogP) is -0.565. The Kier molecular flexibility index (Phi) is 5.86. The zero-order chi connectivity index (χ0) is 20.4. The Hall–Kier alpha value is -2.92. The molecule has 0 saturated carbocycles. The summed E-state index contributed by atoms with van der Waals surface area (Å²) in [4.78, 5) is 37.4. The summed E-state index contributed by atoms with van der Waals surface area (Å²) in [6.07, 6.45) is 2.70. The molecule has 2 rings (SSSR count). The molecule has 10 nitrogen and oxygen atoms in total. The molecule has 2 aromatic rings. The van der Waals surface area contributed by atoms with Gasteiger partial charge in [0.15, 0.2) is 0 Å². The quantitative estimate of drug-likeness (QED) is 0.552. The number of sulfonamides is 1. The Morgan fingerprint density at radius 1 is 0.963 bits per heavy atom. The molecule has 0 N–H and O–H groups in total. The Bertz CT molecular complexity index is 1100. The van der Waals surface area contributed by atoms with Crippen molar-refractivity contribution in [3.05, 3.63) is 74.7 Å². The van der Waals surface area contributed by atoms with Gasteiger partial charge in [-0.1, -0.05) is 12.2 Å². The van der Waals surface area contributed by atoms with Crippen LogP contribution in [0.5, 0.6) is 0 Å². The van der Waals surface area contributed by atoms with Crippen molar-refractivity contribution >= 4 is 10.0 Å². The summed E-state index contributed by atoms with van der Waals surface area (Å²) in [6.45, 7) is 6.47. The Morgan fingerprint density at radius 2 is 1.44 bits per heavy atom. The lowest BCUT2D eigenvalue weighted by Gasteiger charge is -2.11. The van der Waals surface area contributed by atoms with E-state index in [0.29, 0.717) is 0 Å². The molecule has 11 heteroatoms. The number of nitrogens with zero attached hydrogens (tertiary/aromatic N) is 4. The average Bonchev–Trinajstić information content (AvgIpc) is 3.09. The highest BCUT2D eigenvalue weighted by atomic mass is 32.2. The zero-order valence-corrected chi connectivity index (χ0v) is 15.8. The first kappa shape index (κ1) is 20.4. The van der Waals surface area contributed by atoms with Crippen LogP contribution in [0.15, 0.2) is 61.3 Å². The number of hydrogen-bond donors (Lipinski definition) is 0. The Morgan fingerprint density at radius 3 is 1.89 bits per heavy atom. The summed E-state index contributed by atoms with van der Waals surface area (Å²) in [5.41, 5.74) is -2.48. The maximum Gasteiger partial charge on any atom is 0.337 e. The molecule has 0 spiro atoms. The number of furan rings is 1. The lowest BCUT2D eigenvalue weighted by molar-refractivity contribution is 0.381. The molecular formula is C16H20N4O6S. The van der Waals surface area contributed by atoms with Crippen LogP contribution in [0.25, 0.3) is 0 Å². The number of rotatable bonds is 8. The standard InChI is InChI=1S/C16H20N4O6S/c1-5-9-18-14(21)19(10-6-2)16(23)20(15(18)22)11-12-7-8-13(26-12)27(24,25)17(3)4/h5-8H,1-2,9-11H2,3-4H3. The van der Waals surface area contributed by atoms with Crippen LogP contribution < -0.4 is 17.1 Å². The third kappa shape index (κ3) is 3.78. The van der Waals surface area contributed by atoms with Crippen LogP contribution >= 0.6 is 0 Å². The van der Waals surface area contributed by atoms with Gasteiger partial charge in [-0.15, -0.1) is 13.2 Å². The summed E-state index contributed by atoms with van der Waals surface area (Å²) in [5.74, 6) is 0.0728. The fraction of sp³-hybridized carbons (Fsp3) is 0.312. The first-order valence-corrected chi connectivity index (χ1v) is 9.26. The van der Waals surface area contributed by atoms with Gasteiger partial charge in [0.1, 0.15) is 5.76 Å². The van der Waals surface area contributed by atoms with Gasteiger partial charge in [0.05, 0.1) is 19.6 Å². The highest BCUT2D eigenvalue weighted by Crippen LogP contribution is 2.16. The van der Waals surface area contributed by atoms with Gasteiger partial charge in [-0.25, -0.2) is 40.8 Å². The molecule has 0 bridgehead atoms. The molecule has 2 heterocycles. The van der Waals surface area contributed by atoms with E-state index >= 15 is 0 Å². The van der Waals surface area contributed by atoms with E-state index in [1.165, 1.54) is 38.4 Å². The molecule has 0 amide bonds. The van der Waals surface area contributed by atoms with E-state index in [2.05, 4.69) is 13.2 Å². The van der Waals surface area contributed by atoms with Gasteiger partial charge in [-0.2, -0.15) is 0 Å². The molecule has 0 unspecified atom stereocenters. The predicted molar refractivity (Wildman–Crippen MR) is 98.3 cm³/mol. The van der Waals surface area contributed by atoms with Crippen molar-refractivity contribution in [3.63, 3.8) is 0 Å².